The Morgan fingerprint density at radius 1 is 0.366 bits per heavy atom. The molecule has 0 heterocycles. The number of quaternary nitrogens is 1. The zero-order valence-electron chi connectivity index (χ0n) is 63.2. The van der Waals surface area contributed by atoms with Crippen LogP contribution in [0.4, 0.5) is 0 Å². The highest BCUT2D eigenvalue weighted by Gasteiger charge is 2.27. The maximum atomic E-state index is 13.7. The molecule has 0 spiro atoms. The summed E-state index contributed by atoms with van der Waals surface area (Å²) in [5.41, 5.74) is 0. The molecule has 0 saturated carbocycles. The summed E-state index contributed by atoms with van der Waals surface area (Å²) >= 11 is 0. The first-order valence-electron chi connectivity index (χ1n) is 41.3. The number of nitrogens with one attached hydrogen (secondary N) is 1. The fourth-order valence-electron chi connectivity index (χ4n) is 12.7. The second-order valence-electron chi connectivity index (χ2n) is 29.6. The molecule has 93 heavy (non-hydrogen) atoms. The van der Waals surface area contributed by atoms with Crippen LogP contribution in [-0.2, 0) is 27.9 Å². The third-order valence-corrected chi connectivity index (χ3v) is 20.0. The number of amides is 1. The van der Waals surface area contributed by atoms with Gasteiger partial charge in [0.1, 0.15) is 19.3 Å². The van der Waals surface area contributed by atoms with Crippen molar-refractivity contribution in [3.05, 3.63) is 36.5 Å². The molecule has 0 radical (unpaired) electrons. The zero-order chi connectivity index (χ0) is 67.8. The number of hydrogen-bond acceptors (Lipinski definition) is 7. The Balaban J connectivity index is 4.88. The molecule has 0 aliphatic carbocycles. The van der Waals surface area contributed by atoms with Gasteiger partial charge in [-0.25, -0.2) is 0 Å². The number of likely N-dealkylation sites (N-methyl/N-ethyl adjacent to an activating group) is 1. The van der Waals surface area contributed by atoms with Crippen LogP contribution in [0.5, 0.6) is 0 Å². The van der Waals surface area contributed by atoms with E-state index in [1.54, 1.807) is 0 Å². The van der Waals surface area contributed by atoms with E-state index in [2.05, 4.69) is 50.4 Å². The Labute approximate surface area is 580 Å². The predicted molar refractivity (Wildman–Crippen MR) is 404 cm³/mol. The molecule has 1 amide bonds. The van der Waals surface area contributed by atoms with E-state index in [1.165, 1.54) is 340 Å². The van der Waals surface area contributed by atoms with Crippen LogP contribution in [0.1, 0.15) is 432 Å². The molecule has 9 nitrogen and oxygen atoms in total. The summed E-state index contributed by atoms with van der Waals surface area (Å²) in [6.45, 7) is 6.92. The minimum atomic E-state index is -4.71. The first kappa shape index (κ1) is 91.2. The molecule has 0 rings (SSSR count). The van der Waals surface area contributed by atoms with Crippen molar-refractivity contribution >= 4 is 19.7 Å². The topological polar surface area (TPSA) is 114 Å². The molecule has 0 saturated heterocycles. The molecule has 10 heteroatoms. The maximum absolute atomic E-state index is 13.7. The molecule has 0 fully saturated rings. The molecule has 0 aliphatic rings. The summed E-state index contributed by atoms with van der Waals surface area (Å²) < 4.78 is 30.6. The van der Waals surface area contributed by atoms with Gasteiger partial charge in [-0.1, -0.05) is 372 Å². The normalized spacial score (nSPS) is 13.5. The molecule has 0 aromatic rings. The molecule has 3 atom stereocenters. The average Bonchev–Trinajstić information content (AvgIpc) is 2.31. The van der Waals surface area contributed by atoms with E-state index in [4.69, 9.17) is 13.8 Å². The second kappa shape index (κ2) is 73.0. The first-order valence-corrected chi connectivity index (χ1v) is 42.8. The van der Waals surface area contributed by atoms with Gasteiger partial charge < -0.3 is 28.5 Å². The Bertz CT molecular complexity index is 1680. The van der Waals surface area contributed by atoms with Gasteiger partial charge in [-0.05, 0) is 83.1 Å². The van der Waals surface area contributed by atoms with Gasteiger partial charge in [0.15, 0.2) is 0 Å². The molecular weight excluding hydrogens is 1170 g/mol. The molecule has 1 N–H and O–H groups in total. The molecular formula is C83H161N2O7P. The average molecular weight is 1330 g/mol. The van der Waals surface area contributed by atoms with Crippen LogP contribution in [-0.4, -0.2) is 69.4 Å². The maximum Gasteiger partial charge on any atom is 0.306 e. The molecule has 0 bridgehead atoms. The standard InChI is InChI=1S/C83H161N2O7P/c1-7-10-13-16-19-22-25-28-30-32-34-36-38-40-42-44-46-48-50-52-54-57-60-63-66-69-72-75-82(86)84-80(79-91-93(88,89)90-78-77-85(4,5)6)81(74-71-68-65-62-59-56-27-24-21-18-15-12-9-3)92-83(87)76-73-70-67-64-61-58-55-53-51-49-47-45-43-41-39-37-35-33-31-29-26-23-20-17-14-11-8-2/h28-31,71,74,80-81H,7-27,32-70,72-73,75-79H2,1-6H3,(H-,84,86,88,89)/b30-28+,31-29+,74-71+. The summed E-state index contributed by atoms with van der Waals surface area (Å²) in [4.78, 5) is 40.4. The van der Waals surface area contributed by atoms with E-state index in [0.29, 0.717) is 17.4 Å². The number of phosphoric ester groups is 1. The summed E-state index contributed by atoms with van der Waals surface area (Å²) in [6.07, 6.45) is 93.0. The van der Waals surface area contributed by atoms with Gasteiger partial charge in [0.25, 0.3) is 7.82 Å². The fourth-order valence-corrected chi connectivity index (χ4v) is 13.4. The lowest BCUT2D eigenvalue weighted by atomic mass is 10.0. The monoisotopic (exact) mass is 1330 g/mol. The number of phosphoric acid groups is 1. The summed E-state index contributed by atoms with van der Waals surface area (Å²) in [5.74, 6) is -0.513. The van der Waals surface area contributed by atoms with Crippen molar-refractivity contribution in [2.24, 2.45) is 0 Å². The summed E-state index contributed by atoms with van der Waals surface area (Å²) in [5, 5.41) is 3.07. The number of carbonyl (C=O) groups is 2. The van der Waals surface area contributed by atoms with E-state index in [1.807, 2.05) is 33.3 Å². The highest BCUT2D eigenvalue weighted by Crippen LogP contribution is 2.38. The Hall–Kier alpha value is -1.77. The number of unbranched alkanes of at least 4 members (excludes halogenated alkanes) is 57. The number of ether oxygens (including phenoxy) is 1. The van der Waals surface area contributed by atoms with Gasteiger partial charge in [0.2, 0.25) is 5.91 Å². The van der Waals surface area contributed by atoms with E-state index < -0.39 is 20.0 Å². The molecule has 0 aliphatic heterocycles. The number of hydrogen-bond donors (Lipinski definition) is 1. The largest absolute Gasteiger partial charge is 0.756 e. The van der Waals surface area contributed by atoms with Gasteiger partial charge in [0.05, 0.1) is 33.8 Å². The minimum absolute atomic E-state index is 0.0184. The van der Waals surface area contributed by atoms with Crippen LogP contribution in [0.25, 0.3) is 0 Å². The predicted octanol–water partition coefficient (Wildman–Crippen LogP) is 26.3. The number of esters is 1. The molecule has 3 unspecified atom stereocenters. The van der Waals surface area contributed by atoms with E-state index in [9.17, 15) is 19.0 Å². The fraction of sp³-hybridized carbons (Fsp3) is 0.904. The first-order chi connectivity index (χ1) is 45.4. The third kappa shape index (κ3) is 74.3. The molecule has 0 aromatic heterocycles. The number of allylic oxidation sites excluding steroid dienone is 5. The number of rotatable bonds is 77. The number of nitrogens with zero attached hydrogens (tertiary/aromatic N) is 1. The van der Waals surface area contributed by atoms with Gasteiger partial charge in [-0.15, -0.1) is 0 Å². The van der Waals surface area contributed by atoms with E-state index >= 15 is 0 Å². The Kier molecular flexibility index (Phi) is 71.6. The van der Waals surface area contributed by atoms with Crippen LogP contribution >= 0.6 is 7.82 Å². The van der Waals surface area contributed by atoms with Crippen molar-refractivity contribution in [1.82, 2.24) is 5.32 Å². The van der Waals surface area contributed by atoms with E-state index in [0.717, 1.165) is 57.8 Å². The van der Waals surface area contributed by atoms with Crippen LogP contribution < -0.4 is 10.2 Å². The SMILES string of the molecule is CCCCCCCC/C=C/CCCCCCCCCCCCCCCCCCCC(=O)NC(COP(=O)([O-])OCC[N+](C)(C)C)C(/C=C/CCCCCCCCCCCCC)OC(=O)CCCCCCCCCCCCCCCCCCC/C=C/CCCCCCCC. The highest BCUT2D eigenvalue weighted by atomic mass is 31.2. The van der Waals surface area contributed by atoms with Gasteiger partial charge >= 0.3 is 5.97 Å². The summed E-state index contributed by atoms with van der Waals surface area (Å²) in [7, 11) is 1.21. The van der Waals surface area contributed by atoms with Gasteiger partial charge in [0, 0.05) is 12.8 Å². The lowest BCUT2D eigenvalue weighted by Crippen LogP contribution is -2.47. The second-order valence-corrected chi connectivity index (χ2v) is 31.0. The number of carbonyl (C=O) groups excluding carboxylic acids is 2. The van der Waals surface area contributed by atoms with Crippen LogP contribution in [0, 0.1) is 0 Å². The zero-order valence-corrected chi connectivity index (χ0v) is 64.1. The lowest BCUT2D eigenvalue weighted by molar-refractivity contribution is -0.870. The third-order valence-electron chi connectivity index (χ3n) is 19.0. The minimum Gasteiger partial charge on any atom is -0.756 e. The lowest BCUT2D eigenvalue weighted by Gasteiger charge is -2.30. The van der Waals surface area contributed by atoms with Gasteiger partial charge in [-0.2, -0.15) is 0 Å². The quantitative estimate of drug-likeness (QED) is 0.0212. The molecule has 550 valence electrons. The van der Waals surface area contributed by atoms with Gasteiger partial charge in [-0.3, -0.25) is 14.2 Å². The van der Waals surface area contributed by atoms with Crippen molar-refractivity contribution in [1.29, 1.82) is 0 Å². The van der Waals surface area contributed by atoms with Crippen LogP contribution in [0.3, 0.4) is 0 Å². The summed E-state index contributed by atoms with van der Waals surface area (Å²) in [6, 6.07) is -0.886. The van der Waals surface area contributed by atoms with Crippen molar-refractivity contribution < 1.29 is 37.3 Å². The Morgan fingerprint density at radius 3 is 0.914 bits per heavy atom. The van der Waals surface area contributed by atoms with E-state index in [-0.39, 0.29) is 31.5 Å². The molecule has 0 aromatic carbocycles. The Morgan fingerprint density at radius 2 is 0.624 bits per heavy atom. The van der Waals surface area contributed by atoms with Crippen LogP contribution in [0.15, 0.2) is 36.5 Å². The van der Waals surface area contributed by atoms with Crippen molar-refractivity contribution in [3.63, 3.8) is 0 Å². The highest BCUT2D eigenvalue weighted by molar-refractivity contribution is 7.45. The smallest absolute Gasteiger partial charge is 0.306 e. The van der Waals surface area contributed by atoms with Crippen molar-refractivity contribution in [3.8, 4) is 0 Å². The van der Waals surface area contributed by atoms with Crippen molar-refractivity contribution in [2.45, 2.75) is 444 Å². The van der Waals surface area contributed by atoms with Crippen LogP contribution in [0.2, 0.25) is 0 Å². The van der Waals surface area contributed by atoms with Crippen molar-refractivity contribution in [2.75, 3.05) is 40.9 Å².